The molecule has 0 aliphatic carbocycles. The van der Waals surface area contributed by atoms with Gasteiger partial charge in [-0.1, -0.05) is 6.07 Å². The average Bonchev–Trinajstić information content (AvgIpc) is 3.38. The molecule has 0 aromatic heterocycles. The monoisotopic (exact) mass is 416 g/mol. The van der Waals surface area contributed by atoms with Gasteiger partial charge < -0.3 is 33.5 Å². The van der Waals surface area contributed by atoms with E-state index in [1.54, 1.807) is 12.1 Å². The lowest BCUT2D eigenvalue weighted by Gasteiger charge is -2.23. The van der Waals surface area contributed by atoms with Crippen LogP contribution in [0.25, 0.3) is 0 Å². The summed E-state index contributed by atoms with van der Waals surface area (Å²) in [5.41, 5.74) is 1.47. The molecule has 0 saturated carbocycles. The summed E-state index contributed by atoms with van der Waals surface area (Å²) in [6.07, 6.45) is -0.540. The van der Waals surface area contributed by atoms with Gasteiger partial charge in [-0.15, -0.1) is 0 Å². The zero-order valence-electron chi connectivity index (χ0n) is 17.0. The second-order valence-corrected chi connectivity index (χ2v) is 7.21. The largest absolute Gasteiger partial charge is 0.493 e. The van der Waals surface area contributed by atoms with Crippen molar-refractivity contribution >= 4 is 5.97 Å². The Morgan fingerprint density at radius 2 is 1.70 bits per heavy atom. The number of benzene rings is 2. The Balaban J connectivity index is 1.60. The molecule has 0 spiro atoms. The Hall–Kier alpha value is -3.13. The lowest BCUT2D eigenvalue weighted by molar-refractivity contribution is -0.144. The first-order valence-corrected chi connectivity index (χ1v) is 9.58. The molecule has 1 N–H and O–H groups in total. The molecule has 8 heteroatoms. The fourth-order valence-electron chi connectivity index (χ4n) is 4.00. The fourth-order valence-corrected chi connectivity index (χ4v) is 4.00. The lowest BCUT2D eigenvalue weighted by Crippen LogP contribution is -2.25. The summed E-state index contributed by atoms with van der Waals surface area (Å²) < 4.78 is 32.1. The molecule has 2 aromatic carbocycles. The molecule has 3 atom stereocenters. The van der Waals surface area contributed by atoms with Gasteiger partial charge in [-0.3, -0.25) is 4.79 Å². The van der Waals surface area contributed by atoms with Crippen LogP contribution in [-0.2, 0) is 16.0 Å². The van der Waals surface area contributed by atoms with E-state index < -0.39 is 18.0 Å². The third-order valence-electron chi connectivity index (χ3n) is 5.52. The summed E-state index contributed by atoms with van der Waals surface area (Å²) in [6.45, 7) is 0.436. The molecule has 0 radical (unpaired) electrons. The molecule has 160 valence electrons. The summed E-state index contributed by atoms with van der Waals surface area (Å²) in [6, 6.07) is 8.97. The van der Waals surface area contributed by atoms with Crippen molar-refractivity contribution < 1.29 is 38.3 Å². The van der Waals surface area contributed by atoms with Gasteiger partial charge in [0.05, 0.1) is 40.0 Å². The average molecular weight is 416 g/mol. The van der Waals surface area contributed by atoms with E-state index in [0.29, 0.717) is 40.7 Å². The third-order valence-corrected chi connectivity index (χ3v) is 5.52. The molecule has 30 heavy (non-hydrogen) atoms. The summed E-state index contributed by atoms with van der Waals surface area (Å²) in [7, 11) is 4.51. The standard InChI is InChI=1S/C22H24O8/c1-25-17-8-13(9-18(26-2)21(17)27-3)20(23)19-14(10-28-22(19)24)6-12-4-5-15-16(7-12)30-11-29-15/h4-5,7-9,14,19-20,23H,6,10-11H2,1-3H3/t14-,19-,20?/m1/s1. The predicted octanol–water partition coefficient (Wildman–Crippen LogP) is 2.51. The van der Waals surface area contributed by atoms with Crippen LogP contribution < -0.4 is 23.7 Å². The fraction of sp³-hybridized carbons (Fsp3) is 0.409. The van der Waals surface area contributed by atoms with E-state index in [2.05, 4.69) is 0 Å². The number of fused-ring (bicyclic) bond motifs is 1. The normalized spacial score (nSPS) is 20.6. The molecule has 1 saturated heterocycles. The first-order valence-electron chi connectivity index (χ1n) is 9.58. The van der Waals surface area contributed by atoms with Crippen LogP contribution in [0.3, 0.4) is 0 Å². The Kier molecular flexibility index (Phi) is 5.59. The molecule has 1 fully saturated rings. The van der Waals surface area contributed by atoms with Crippen molar-refractivity contribution in [1.82, 2.24) is 0 Å². The highest BCUT2D eigenvalue weighted by Crippen LogP contribution is 2.43. The number of rotatable bonds is 7. The Bertz CT molecular complexity index is 916. The predicted molar refractivity (Wildman–Crippen MR) is 105 cm³/mol. The number of hydrogen-bond acceptors (Lipinski definition) is 8. The van der Waals surface area contributed by atoms with E-state index in [0.717, 1.165) is 5.56 Å². The van der Waals surface area contributed by atoms with Crippen molar-refractivity contribution in [2.45, 2.75) is 12.5 Å². The van der Waals surface area contributed by atoms with E-state index in [4.69, 9.17) is 28.4 Å². The molecule has 2 aliphatic heterocycles. The van der Waals surface area contributed by atoms with Gasteiger partial charge in [0.2, 0.25) is 12.5 Å². The van der Waals surface area contributed by atoms with Gasteiger partial charge in [0.25, 0.3) is 0 Å². The van der Waals surface area contributed by atoms with Crippen LogP contribution in [0, 0.1) is 11.8 Å². The molecule has 2 aromatic rings. The molecule has 2 heterocycles. The van der Waals surface area contributed by atoms with E-state index in [1.807, 2.05) is 18.2 Å². The van der Waals surface area contributed by atoms with Crippen molar-refractivity contribution in [1.29, 1.82) is 0 Å². The van der Waals surface area contributed by atoms with Gasteiger partial charge in [-0.25, -0.2) is 0 Å². The van der Waals surface area contributed by atoms with Crippen LogP contribution in [0.15, 0.2) is 30.3 Å². The Morgan fingerprint density at radius 1 is 1.00 bits per heavy atom. The highest BCUT2D eigenvalue weighted by molar-refractivity contribution is 5.76. The van der Waals surface area contributed by atoms with Crippen LogP contribution in [-0.4, -0.2) is 45.8 Å². The first-order chi connectivity index (χ1) is 14.5. The van der Waals surface area contributed by atoms with E-state index in [-0.39, 0.29) is 19.3 Å². The van der Waals surface area contributed by atoms with Crippen molar-refractivity contribution in [3.05, 3.63) is 41.5 Å². The van der Waals surface area contributed by atoms with Crippen LogP contribution in [0.5, 0.6) is 28.7 Å². The number of carbonyl (C=O) groups is 1. The van der Waals surface area contributed by atoms with E-state index in [9.17, 15) is 9.90 Å². The number of aliphatic hydroxyl groups excluding tert-OH is 1. The minimum atomic E-state index is -1.09. The molecular formula is C22H24O8. The van der Waals surface area contributed by atoms with Crippen molar-refractivity contribution in [3.8, 4) is 28.7 Å². The quantitative estimate of drug-likeness (QED) is 0.689. The Morgan fingerprint density at radius 3 is 2.37 bits per heavy atom. The topological polar surface area (TPSA) is 92.7 Å². The second kappa shape index (κ2) is 8.31. The number of esters is 1. The SMILES string of the molecule is COc1cc(C(O)[C@@H]2C(=O)OC[C@H]2Cc2ccc3c(c2)OCO3)cc(OC)c1OC. The number of ether oxygens (including phenoxy) is 6. The summed E-state index contributed by atoms with van der Waals surface area (Å²) >= 11 is 0. The number of aliphatic hydroxyl groups is 1. The van der Waals surface area contributed by atoms with Gasteiger partial charge >= 0.3 is 5.97 Å². The van der Waals surface area contributed by atoms with E-state index in [1.165, 1.54) is 21.3 Å². The first kappa shape index (κ1) is 20.2. The molecule has 8 nitrogen and oxygen atoms in total. The molecular weight excluding hydrogens is 392 g/mol. The maximum Gasteiger partial charge on any atom is 0.312 e. The molecule has 1 unspecified atom stereocenters. The minimum absolute atomic E-state index is 0.201. The minimum Gasteiger partial charge on any atom is -0.493 e. The van der Waals surface area contributed by atoms with Crippen molar-refractivity contribution in [3.63, 3.8) is 0 Å². The van der Waals surface area contributed by atoms with E-state index >= 15 is 0 Å². The lowest BCUT2D eigenvalue weighted by atomic mass is 9.83. The Labute approximate surface area is 174 Å². The van der Waals surface area contributed by atoms with Gasteiger partial charge in [0.1, 0.15) is 0 Å². The zero-order valence-corrected chi connectivity index (χ0v) is 17.0. The molecule has 4 rings (SSSR count). The maximum absolute atomic E-state index is 12.5. The van der Waals surface area contributed by atoms with Crippen molar-refractivity contribution in [2.75, 3.05) is 34.7 Å². The summed E-state index contributed by atoms with van der Waals surface area (Å²) in [5.74, 6) is 1.26. The van der Waals surface area contributed by atoms with Crippen LogP contribution >= 0.6 is 0 Å². The van der Waals surface area contributed by atoms with Gasteiger partial charge in [-0.2, -0.15) is 0 Å². The van der Waals surface area contributed by atoms with Gasteiger partial charge in [0, 0.05) is 5.92 Å². The number of hydrogen-bond donors (Lipinski definition) is 1. The molecule has 0 amide bonds. The number of carbonyl (C=O) groups excluding carboxylic acids is 1. The molecule has 2 aliphatic rings. The van der Waals surface area contributed by atoms with Gasteiger partial charge in [-0.05, 0) is 41.8 Å². The van der Waals surface area contributed by atoms with Crippen LogP contribution in [0.1, 0.15) is 17.2 Å². The zero-order chi connectivity index (χ0) is 21.3. The molecule has 0 bridgehead atoms. The summed E-state index contributed by atoms with van der Waals surface area (Å²) in [5, 5.41) is 11.1. The smallest absolute Gasteiger partial charge is 0.312 e. The highest BCUT2D eigenvalue weighted by atomic mass is 16.7. The van der Waals surface area contributed by atoms with Crippen molar-refractivity contribution in [2.24, 2.45) is 11.8 Å². The van der Waals surface area contributed by atoms with Crippen LogP contribution in [0.2, 0.25) is 0 Å². The number of cyclic esters (lactones) is 1. The maximum atomic E-state index is 12.5. The van der Waals surface area contributed by atoms with Crippen LogP contribution in [0.4, 0.5) is 0 Å². The second-order valence-electron chi connectivity index (χ2n) is 7.21. The third kappa shape index (κ3) is 3.59. The van der Waals surface area contributed by atoms with Gasteiger partial charge in [0.15, 0.2) is 23.0 Å². The highest BCUT2D eigenvalue weighted by Gasteiger charge is 2.43. The summed E-state index contributed by atoms with van der Waals surface area (Å²) in [4.78, 5) is 12.5. The number of methoxy groups -OCH3 is 3.